The van der Waals surface area contributed by atoms with Crippen molar-refractivity contribution in [3.05, 3.63) is 49.2 Å². The zero-order chi connectivity index (χ0) is 26.5. The van der Waals surface area contributed by atoms with Gasteiger partial charge in [-0.05, 0) is 12.5 Å². The molecule has 1 aromatic carbocycles. The van der Waals surface area contributed by atoms with E-state index in [4.69, 9.17) is 19.4 Å². The molecule has 5 atom stereocenters. The predicted octanol–water partition coefficient (Wildman–Crippen LogP) is 0.434. The number of aliphatic hydroxyl groups is 3. The highest BCUT2D eigenvalue weighted by Gasteiger charge is 2.44. The van der Waals surface area contributed by atoms with E-state index in [9.17, 15) is 15.3 Å². The Balaban J connectivity index is 1.30. The lowest BCUT2D eigenvalue weighted by Gasteiger charge is -2.17. The summed E-state index contributed by atoms with van der Waals surface area (Å²) >= 11 is 0. The highest BCUT2D eigenvalue weighted by Crippen LogP contribution is 2.33. The normalized spacial score (nSPS) is 25.2. The average molecular weight is 532 g/mol. The second-order valence-electron chi connectivity index (χ2n) is 9.56. The van der Waals surface area contributed by atoms with E-state index in [2.05, 4.69) is 25.4 Å². The van der Waals surface area contributed by atoms with Gasteiger partial charge in [-0.15, -0.1) is 0 Å². The van der Waals surface area contributed by atoms with Crippen molar-refractivity contribution in [3.8, 4) is 17.3 Å². The van der Waals surface area contributed by atoms with Crippen LogP contribution in [-0.4, -0.2) is 98.8 Å². The third kappa shape index (κ3) is 4.18. The SMILES string of the molecule is OCC1OC(n2cnc3c(N[C@@H]4CCOC4)nc(-n4cc(-c5ncc6ccccc6n5)cn4)nc32)C(O)C1O. The number of aliphatic hydroxyl groups excluding tert-OH is 3. The highest BCUT2D eigenvalue weighted by molar-refractivity contribution is 5.84. The van der Waals surface area contributed by atoms with Gasteiger partial charge in [-0.25, -0.2) is 19.6 Å². The van der Waals surface area contributed by atoms with Crippen LogP contribution >= 0.6 is 0 Å². The Morgan fingerprint density at radius 3 is 2.77 bits per heavy atom. The van der Waals surface area contributed by atoms with Crippen LogP contribution in [-0.2, 0) is 9.47 Å². The van der Waals surface area contributed by atoms with Gasteiger partial charge < -0.3 is 30.1 Å². The molecule has 5 aromatic rings. The van der Waals surface area contributed by atoms with Crippen LogP contribution in [0.3, 0.4) is 0 Å². The third-order valence-corrected chi connectivity index (χ3v) is 7.01. The molecule has 2 aliphatic rings. The van der Waals surface area contributed by atoms with Gasteiger partial charge in [0.05, 0.1) is 42.9 Å². The molecule has 2 aliphatic heterocycles. The van der Waals surface area contributed by atoms with Gasteiger partial charge in [-0.2, -0.15) is 15.1 Å². The van der Waals surface area contributed by atoms with Crippen LogP contribution in [0.5, 0.6) is 0 Å². The van der Waals surface area contributed by atoms with E-state index >= 15 is 0 Å². The first-order chi connectivity index (χ1) is 19.1. The summed E-state index contributed by atoms with van der Waals surface area (Å²) in [4.78, 5) is 23.0. The molecule has 14 heteroatoms. The number of imidazole rings is 1. The average Bonchev–Trinajstić information content (AvgIpc) is 3.77. The number of hydrogen-bond donors (Lipinski definition) is 4. The number of fused-ring (bicyclic) bond motifs is 2. The number of para-hydroxylation sites is 1. The van der Waals surface area contributed by atoms with Crippen LogP contribution in [0.4, 0.5) is 5.82 Å². The fraction of sp³-hybridized carbons (Fsp3) is 0.360. The number of benzene rings is 1. The quantitative estimate of drug-likeness (QED) is 0.238. The summed E-state index contributed by atoms with van der Waals surface area (Å²) in [6.07, 6.45) is 2.92. The molecule has 2 saturated heterocycles. The maximum Gasteiger partial charge on any atom is 0.254 e. The van der Waals surface area contributed by atoms with E-state index in [-0.39, 0.29) is 12.0 Å². The summed E-state index contributed by atoms with van der Waals surface area (Å²) in [6, 6.07) is 7.77. The summed E-state index contributed by atoms with van der Waals surface area (Å²) in [7, 11) is 0. The lowest BCUT2D eigenvalue weighted by atomic mass is 10.1. The lowest BCUT2D eigenvalue weighted by molar-refractivity contribution is -0.0511. The molecule has 200 valence electrons. The van der Waals surface area contributed by atoms with Crippen LogP contribution in [0, 0.1) is 0 Å². The van der Waals surface area contributed by atoms with Crippen molar-refractivity contribution in [2.45, 2.75) is 37.0 Å². The predicted molar refractivity (Wildman–Crippen MR) is 137 cm³/mol. The number of nitrogens with one attached hydrogen (secondary N) is 1. The number of anilines is 1. The van der Waals surface area contributed by atoms with Crippen molar-refractivity contribution in [1.29, 1.82) is 0 Å². The molecule has 0 aliphatic carbocycles. The van der Waals surface area contributed by atoms with Crippen LogP contribution in [0.25, 0.3) is 39.4 Å². The third-order valence-electron chi connectivity index (χ3n) is 7.01. The first-order valence-electron chi connectivity index (χ1n) is 12.6. The van der Waals surface area contributed by atoms with Crippen molar-refractivity contribution in [1.82, 2.24) is 39.3 Å². The van der Waals surface area contributed by atoms with Gasteiger partial charge in [0.1, 0.15) is 18.3 Å². The minimum atomic E-state index is -1.29. The number of nitrogens with zero attached hydrogens (tertiary/aromatic N) is 8. The molecule has 7 rings (SSSR count). The summed E-state index contributed by atoms with van der Waals surface area (Å²) in [6.45, 7) is 0.731. The molecule has 0 spiro atoms. The first kappa shape index (κ1) is 24.0. The Kier molecular flexibility index (Phi) is 5.90. The van der Waals surface area contributed by atoms with Crippen molar-refractivity contribution in [2.24, 2.45) is 0 Å². The monoisotopic (exact) mass is 531 g/mol. The number of hydrogen-bond acceptors (Lipinski definition) is 12. The zero-order valence-electron chi connectivity index (χ0n) is 20.6. The molecule has 0 bridgehead atoms. The van der Waals surface area contributed by atoms with Gasteiger partial charge in [0.15, 0.2) is 29.0 Å². The van der Waals surface area contributed by atoms with Crippen molar-refractivity contribution in [2.75, 3.05) is 25.1 Å². The minimum Gasteiger partial charge on any atom is -0.394 e. The van der Waals surface area contributed by atoms with E-state index in [0.717, 1.165) is 17.3 Å². The van der Waals surface area contributed by atoms with E-state index in [1.807, 2.05) is 24.3 Å². The first-order valence-corrected chi connectivity index (χ1v) is 12.6. The fourth-order valence-corrected chi connectivity index (χ4v) is 4.90. The summed E-state index contributed by atoms with van der Waals surface area (Å²) in [5.74, 6) is 1.22. The highest BCUT2D eigenvalue weighted by atomic mass is 16.6. The molecule has 4 aromatic heterocycles. The summed E-state index contributed by atoms with van der Waals surface area (Å²) < 4.78 is 14.3. The molecule has 4 N–H and O–H groups in total. The number of rotatable bonds is 6. The van der Waals surface area contributed by atoms with Crippen LogP contribution in [0.2, 0.25) is 0 Å². The maximum atomic E-state index is 10.6. The summed E-state index contributed by atoms with van der Waals surface area (Å²) in [5, 5.41) is 39.3. The Morgan fingerprint density at radius 2 is 1.95 bits per heavy atom. The van der Waals surface area contributed by atoms with Crippen molar-refractivity contribution < 1.29 is 24.8 Å². The van der Waals surface area contributed by atoms with E-state index in [1.165, 1.54) is 15.6 Å². The summed E-state index contributed by atoms with van der Waals surface area (Å²) in [5.41, 5.74) is 2.31. The van der Waals surface area contributed by atoms with Crippen molar-refractivity contribution in [3.63, 3.8) is 0 Å². The van der Waals surface area contributed by atoms with E-state index < -0.39 is 31.1 Å². The molecule has 39 heavy (non-hydrogen) atoms. The van der Waals surface area contributed by atoms with Crippen molar-refractivity contribution >= 4 is 27.9 Å². The topological polar surface area (TPSA) is 178 Å². The molecule has 4 unspecified atom stereocenters. The van der Waals surface area contributed by atoms with Gasteiger partial charge in [0.2, 0.25) is 0 Å². The molecule has 2 fully saturated rings. The van der Waals surface area contributed by atoms with Gasteiger partial charge in [-0.3, -0.25) is 4.57 Å². The Bertz CT molecular complexity index is 1650. The van der Waals surface area contributed by atoms with E-state index in [1.54, 1.807) is 18.6 Å². The van der Waals surface area contributed by atoms with Gasteiger partial charge in [0.25, 0.3) is 5.95 Å². The van der Waals surface area contributed by atoms with Gasteiger partial charge >= 0.3 is 0 Å². The molecule has 0 radical (unpaired) electrons. The zero-order valence-corrected chi connectivity index (χ0v) is 20.6. The van der Waals surface area contributed by atoms with Crippen LogP contribution in [0.15, 0.2) is 49.2 Å². The van der Waals surface area contributed by atoms with Crippen LogP contribution in [0.1, 0.15) is 12.6 Å². The fourth-order valence-electron chi connectivity index (χ4n) is 4.90. The molecule has 0 amide bonds. The molecule has 0 saturated carbocycles. The largest absolute Gasteiger partial charge is 0.394 e. The minimum absolute atomic E-state index is 0.0363. The number of ether oxygens (including phenoxy) is 2. The number of aromatic nitrogens is 8. The van der Waals surface area contributed by atoms with E-state index in [0.29, 0.717) is 41.6 Å². The Hall–Kier alpha value is -4.08. The molecular weight excluding hydrogens is 506 g/mol. The van der Waals surface area contributed by atoms with Gasteiger partial charge in [-0.1, -0.05) is 18.2 Å². The Labute approximate surface area is 220 Å². The lowest BCUT2D eigenvalue weighted by Crippen LogP contribution is -2.33. The smallest absolute Gasteiger partial charge is 0.254 e. The Morgan fingerprint density at radius 1 is 1.05 bits per heavy atom. The second-order valence-corrected chi connectivity index (χ2v) is 9.56. The maximum absolute atomic E-state index is 10.6. The van der Waals surface area contributed by atoms with Crippen LogP contribution < -0.4 is 5.32 Å². The van der Waals surface area contributed by atoms with Gasteiger partial charge in [0, 0.05) is 24.4 Å². The molecule has 14 nitrogen and oxygen atoms in total. The second kappa shape index (κ2) is 9.59. The molecular formula is C25H25N9O5. The molecule has 6 heterocycles. The standard InChI is InChI=1S/C25H25N9O5/c35-10-17-19(36)20(37)24(39-17)33-12-27-18-22(29-15-5-6-38-11-15)31-25(32-23(18)33)34-9-14(8-28-34)21-26-7-13-3-1-2-4-16(13)30-21/h1-4,7-9,12,15,17,19-20,24,35-37H,5-6,10-11H2,(H,29,31,32)/t15-,17?,19?,20?,24?/m1/s1.